The molecule has 2 heterocycles. The van der Waals surface area contributed by atoms with E-state index in [1.807, 2.05) is 34.6 Å². The Kier molecular flexibility index (Phi) is 2.65. The SMILES string of the molecule is CC(C)(C)OC(=O)N1CCC[C@]12C(=O)OC2(C)C. The Morgan fingerprint density at radius 3 is 2.44 bits per heavy atom. The van der Waals surface area contributed by atoms with E-state index in [1.165, 1.54) is 0 Å². The summed E-state index contributed by atoms with van der Waals surface area (Å²) < 4.78 is 10.6. The van der Waals surface area contributed by atoms with Gasteiger partial charge in [-0.2, -0.15) is 0 Å². The minimum Gasteiger partial charge on any atom is -0.455 e. The van der Waals surface area contributed by atoms with Crippen LogP contribution in [-0.2, 0) is 14.3 Å². The Balaban J connectivity index is 2.23. The van der Waals surface area contributed by atoms with E-state index in [-0.39, 0.29) is 5.97 Å². The smallest absolute Gasteiger partial charge is 0.411 e. The van der Waals surface area contributed by atoms with Crippen molar-refractivity contribution < 1.29 is 19.1 Å². The van der Waals surface area contributed by atoms with Gasteiger partial charge in [0.15, 0.2) is 5.54 Å². The van der Waals surface area contributed by atoms with E-state index in [2.05, 4.69) is 0 Å². The molecule has 0 N–H and O–H groups in total. The van der Waals surface area contributed by atoms with Crippen molar-refractivity contribution >= 4 is 12.1 Å². The minimum atomic E-state index is -0.824. The molecule has 5 nitrogen and oxygen atoms in total. The standard InChI is InChI=1S/C13H21NO4/c1-11(2,3)18-10(16)14-8-6-7-13(14)9(15)17-12(13,4)5/h6-8H2,1-5H3/t13-/m1/s1. The van der Waals surface area contributed by atoms with Crippen LogP contribution >= 0.6 is 0 Å². The summed E-state index contributed by atoms with van der Waals surface area (Å²) >= 11 is 0. The van der Waals surface area contributed by atoms with E-state index in [4.69, 9.17) is 9.47 Å². The lowest BCUT2D eigenvalue weighted by Gasteiger charge is -2.54. The number of hydrogen-bond donors (Lipinski definition) is 0. The number of carbonyl (C=O) groups is 2. The summed E-state index contributed by atoms with van der Waals surface area (Å²) in [5, 5.41) is 0. The number of ether oxygens (including phenoxy) is 2. The molecule has 2 aliphatic rings. The Hall–Kier alpha value is -1.26. The molecular weight excluding hydrogens is 234 g/mol. The topological polar surface area (TPSA) is 55.8 Å². The summed E-state index contributed by atoms with van der Waals surface area (Å²) in [5.74, 6) is -0.309. The van der Waals surface area contributed by atoms with Crippen LogP contribution in [0.4, 0.5) is 4.79 Å². The van der Waals surface area contributed by atoms with Crippen molar-refractivity contribution in [2.75, 3.05) is 6.54 Å². The van der Waals surface area contributed by atoms with E-state index in [0.717, 1.165) is 6.42 Å². The molecule has 2 saturated heterocycles. The second-order valence-electron chi connectivity index (χ2n) is 6.50. The molecule has 2 rings (SSSR count). The molecule has 0 aromatic rings. The summed E-state index contributed by atoms with van der Waals surface area (Å²) in [6.07, 6.45) is 1.03. The van der Waals surface area contributed by atoms with Gasteiger partial charge in [0.1, 0.15) is 11.2 Å². The van der Waals surface area contributed by atoms with E-state index in [1.54, 1.807) is 4.90 Å². The molecule has 1 atom stereocenters. The maximum Gasteiger partial charge on any atom is 0.411 e. The summed E-state index contributed by atoms with van der Waals surface area (Å²) in [5.41, 5.74) is -2.01. The van der Waals surface area contributed by atoms with Crippen LogP contribution in [0, 0.1) is 0 Å². The first kappa shape index (κ1) is 13.2. The molecule has 2 aliphatic heterocycles. The van der Waals surface area contributed by atoms with Crippen LogP contribution < -0.4 is 0 Å². The van der Waals surface area contributed by atoms with Gasteiger partial charge < -0.3 is 9.47 Å². The number of hydrogen-bond acceptors (Lipinski definition) is 4. The molecular formula is C13H21NO4. The van der Waals surface area contributed by atoms with Crippen molar-refractivity contribution in [3.63, 3.8) is 0 Å². The molecule has 0 saturated carbocycles. The monoisotopic (exact) mass is 255 g/mol. The van der Waals surface area contributed by atoms with Crippen LogP contribution in [0.5, 0.6) is 0 Å². The molecule has 0 aromatic carbocycles. The van der Waals surface area contributed by atoms with Crippen molar-refractivity contribution in [2.45, 2.75) is 64.2 Å². The normalized spacial score (nSPS) is 30.1. The van der Waals surface area contributed by atoms with Crippen molar-refractivity contribution in [3.05, 3.63) is 0 Å². The van der Waals surface area contributed by atoms with Crippen molar-refractivity contribution in [1.29, 1.82) is 0 Å². The average Bonchev–Trinajstić information content (AvgIpc) is 2.60. The molecule has 5 heteroatoms. The van der Waals surface area contributed by atoms with Gasteiger partial charge in [-0.15, -0.1) is 0 Å². The average molecular weight is 255 g/mol. The first-order valence-corrected chi connectivity index (χ1v) is 6.34. The number of likely N-dealkylation sites (tertiary alicyclic amines) is 1. The number of rotatable bonds is 0. The molecule has 2 fully saturated rings. The third kappa shape index (κ3) is 1.68. The second kappa shape index (κ2) is 3.62. The summed E-state index contributed by atoms with van der Waals surface area (Å²) in [6.45, 7) is 9.69. The highest BCUT2D eigenvalue weighted by Gasteiger charge is 2.70. The van der Waals surface area contributed by atoms with Gasteiger partial charge in [-0.25, -0.2) is 9.59 Å². The van der Waals surface area contributed by atoms with Crippen LogP contribution in [0.15, 0.2) is 0 Å². The maximum absolute atomic E-state index is 12.2. The zero-order valence-electron chi connectivity index (χ0n) is 11.7. The fourth-order valence-electron chi connectivity index (χ4n) is 2.82. The van der Waals surface area contributed by atoms with E-state index < -0.39 is 22.8 Å². The molecule has 0 aromatic heterocycles. The van der Waals surface area contributed by atoms with Gasteiger partial charge in [0.2, 0.25) is 0 Å². The van der Waals surface area contributed by atoms with Gasteiger partial charge in [0, 0.05) is 6.54 Å². The lowest BCUT2D eigenvalue weighted by Crippen LogP contribution is -2.75. The molecule has 18 heavy (non-hydrogen) atoms. The lowest BCUT2D eigenvalue weighted by molar-refractivity contribution is -0.230. The van der Waals surface area contributed by atoms with Crippen LogP contribution in [-0.4, -0.2) is 40.2 Å². The molecule has 0 radical (unpaired) electrons. The third-order valence-electron chi connectivity index (χ3n) is 3.68. The number of nitrogens with zero attached hydrogens (tertiary/aromatic N) is 1. The van der Waals surface area contributed by atoms with Crippen LogP contribution in [0.2, 0.25) is 0 Å². The highest BCUT2D eigenvalue weighted by atomic mass is 16.6. The van der Waals surface area contributed by atoms with Gasteiger partial charge in [-0.3, -0.25) is 4.90 Å². The molecule has 0 unspecified atom stereocenters. The van der Waals surface area contributed by atoms with Gasteiger partial charge >= 0.3 is 12.1 Å². The predicted molar refractivity (Wildman–Crippen MR) is 65.1 cm³/mol. The Bertz CT molecular complexity index is 396. The third-order valence-corrected chi connectivity index (χ3v) is 3.68. The Morgan fingerprint density at radius 2 is 2.00 bits per heavy atom. The Labute approximate surface area is 107 Å². The molecule has 0 aliphatic carbocycles. The molecule has 1 amide bonds. The molecule has 1 spiro atoms. The maximum atomic E-state index is 12.2. The number of cyclic esters (lactones) is 1. The predicted octanol–water partition coefficient (Wildman–Crippen LogP) is 2.09. The zero-order chi connectivity index (χ0) is 13.8. The highest BCUT2D eigenvalue weighted by Crippen LogP contribution is 2.49. The summed E-state index contributed by atoms with van der Waals surface area (Å²) in [4.78, 5) is 25.6. The summed E-state index contributed by atoms with van der Waals surface area (Å²) in [6, 6.07) is 0. The van der Waals surface area contributed by atoms with Gasteiger partial charge in [0.25, 0.3) is 0 Å². The zero-order valence-corrected chi connectivity index (χ0v) is 11.7. The first-order chi connectivity index (χ1) is 8.10. The van der Waals surface area contributed by atoms with Crippen molar-refractivity contribution in [1.82, 2.24) is 4.90 Å². The van der Waals surface area contributed by atoms with Crippen LogP contribution in [0.3, 0.4) is 0 Å². The highest BCUT2D eigenvalue weighted by molar-refractivity contribution is 5.93. The first-order valence-electron chi connectivity index (χ1n) is 6.34. The summed E-state index contributed by atoms with van der Waals surface area (Å²) in [7, 11) is 0. The fraction of sp³-hybridized carbons (Fsp3) is 0.846. The van der Waals surface area contributed by atoms with Crippen molar-refractivity contribution in [3.8, 4) is 0 Å². The quantitative estimate of drug-likeness (QED) is 0.622. The fourth-order valence-corrected chi connectivity index (χ4v) is 2.82. The molecule has 102 valence electrons. The van der Waals surface area contributed by atoms with E-state index >= 15 is 0 Å². The number of amides is 1. The van der Waals surface area contributed by atoms with Gasteiger partial charge in [0.05, 0.1) is 0 Å². The molecule has 0 bridgehead atoms. The Morgan fingerprint density at radius 1 is 1.39 bits per heavy atom. The number of esters is 1. The van der Waals surface area contributed by atoms with Crippen LogP contribution in [0.1, 0.15) is 47.5 Å². The largest absolute Gasteiger partial charge is 0.455 e. The second-order valence-corrected chi connectivity index (χ2v) is 6.50. The van der Waals surface area contributed by atoms with Gasteiger partial charge in [-0.05, 0) is 47.5 Å². The van der Waals surface area contributed by atoms with E-state index in [0.29, 0.717) is 13.0 Å². The van der Waals surface area contributed by atoms with Crippen LogP contribution in [0.25, 0.3) is 0 Å². The van der Waals surface area contributed by atoms with Crippen molar-refractivity contribution in [2.24, 2.45) is 0 Å². The number of carbonyl (C=O) groups excluding carboxylic acids is 2. The van der Waals surface area contributed by atoms with Gasteiger partial charge in [-0.1, -0.05) is 0 Å². The minimum absolute atomic E-state index is 0.309. The lowest BCUT2D eigenvalue weighted by atomic mass is 9.75. The van der Waals surface area contributed by atoms with E-state index in [9.17, 15) is 9.59 Å².